The van der Waals surface area contributed by atoms with Gasteiger partial charge in [0.1, 0.15) is 5.82 Å². The number of aromatic nitrogens is 2. The zero-order chi connectivity index (χ0) is 13.9. The maximum Gasteiger partial charge on any atom is 0.120 e. The Hall–Kier alpha value is -1.61. The first-order chi connectivity index (χ1) is 9.72. The topological polar surface area (TPSA) is 40.7 Å². The third-order valence-corrected chi connectivity index (χ3v) is 3.97. The lowest BCUT2D eigenvalue weighted by molar-refractivity contribution is 0.575. The Morgan fingerprint density at radius 1 is 1.20 bits per heavy atom. The highest BCUT2D eigenvalue weighted by molar-refractivity contribution is 5.60. The zero-order valence-corrected chi connectivity index (χ0v) is 12.4. The van der Waals surface area contributed by atoms with E-state index in [0.29, 0.717) is 6.04 Å². The van der Waals surface area contributed by atoms with E-state index in [2.05, 4.69) is 47.3 Å². The van der Waals surface area contributed by atoms with Gasteiger partial charge in [-0.3, -0.25) is 0 Å². The number of aromatic amines is 1. The van der Waals surface area contributed by atoms with Crippen molar-refractivity contribution < 1.29 is 0 Å². The molecule has 0 fully saturated rings. The van der Waals surface area contributed by atoms with Crippen molar-refractivity contribution in [1.82, 2.24) is 15.3 Å². The van der Waals surface area contributed by atoms with Crippen LogP contribution in [0.5, 0.6) is 0 Å². The summed E-state index contributed by atoms with van der Waals surface area (Å²) in [6.07, 6.45) is 7.06. The molecule has 0 amide bonds. The number of rotatable bonds is 4. The third kappa shape index (κ3) is 2.93. The number of H-pyrrole nitrogens is 1. The Kier molecular flexibility index (Phi) is 3.88. The minimum atomic E-state index is 0.479. The first kappa shape index (κ1) is 13.4. The maximum absolute atomic E-state index is 4.46. The summed E-state index contributed by atoms with van der Waals surface area (Å²) < 4.78 is 0. The standard InChI is InChI=1S/C17H23N3/c1-12(2)18-11-17-19-10-16(20-17)15-8-7-13-5-3-4-6-14(13)9-15/h7-10,12,18H,3-6,11H2,1-2H3,(H,19,20). The highest BCUT2D eigenvalue weighted by Crippen LogP contribution is 2.26. The summed E-state index contributed by atoms with van der Waals surface area (Å²) in [7, 11) is 0. The highest BCUT2D eigenvalue weighted by Gasteiger charge is 2.11. The molecule has 0 aliphatic heterocycles. The average molecular weight is 269 g/mol. The molecule has 3 rings (SSSR count). The molecule has 0 saturated carbocycles. The fourth-order valence-electron chi connectivity index (χ4n) is 2.80. The summed E-state index contributed by atoms with van der Waals surface area (Å²) in [4.78, 5) is 7.88. The summed E-state index contributed by atoms with van der Waals surface area (Å²) in [5.41, 5.74) is 5.43. The molecule has 20 heavy (non-hydrogen) atoms. The molecule has 1 heterocycles. The van der Waals surface area contributed by atoms with E-state index in [1.807, 2.05) is 6.20 Å². The first-order valence-corrected chi connectivity index (χ1v) is 7.62. The lowest BCUT2D eigenvalue weighted by Crippen LogP contribution is -2.22. The number of hydrogen-bond donors (Lipinski definition) is 2. The molecule has 0 unspecified atom stereocenters. The van der Waals surface area contributed by atoms with Gasteiger partial charge in [0.05, 0.1) is 18.4 Å². The smallest absolute Gasteiger partial charge is 0.120 e. The molecule has 2 aromatic rings. The van der Waals surface area contributed by atoms with E-state index >= 15 is 0 Å². The largest absolute Gasteiger partial charge is 0.341 e. The van der Waals surface area contributed by atoms with Gasteiger partial charge < -0.3 is 10.3 Å². The van der Waals surface area contributed by atoms with E-state index in [1.165, 1.54) is 42.4 Å². The molecule has 3 nitrogen and oxygen atoms in total. The van der Waals surface area contributed by atoms with Crippen molar-refractivity contribution in [2.45, 2.75) is 52.1 Å². The van der Waals surface area contributed by atoms with Crippen LogP contribution in [0.15, 0.2) is 24.4 Å². The zero-order valence-electron chi connectivity index (χ0n) is 12.4. The molecule has 2 N–H and O–H groups in total. The Bertz CT molecular complexity index is 584. The lowest BCUT2D eigenvalue weighted by Gasteiger charge is -2.16. The number of hydrogen-bond acceptors (Lipinski definition) is 2. The van der Waals surface area contributed by atoms with E-state index in [4.69, 9.17) is 0 Å². The molecule has 0 radical (unpaired) electrons. The molecular weight excluding hydrogens is 246 g/mol. The molecule has 0 atom stereocenters. The van der Waals surface area contributed by atoms with Gasteiger partial charge in [0.2, 0.25) is 0 Å². The van der Waals surface area contributed by atoms with Crippen LogP contribution in [0.4, 0.5) is 0 Å². The van der Waals surface area contributed by atoms with E-state index in [9.17, 15) is 0 Å². The fourth-order valence-corrected chi connectivity index (χ4v) is 2.80. The molecule has 3 heteroatoms. The second-order valence-electron chi connectivity index (χ2n) is 5.97. The van der Waals surface area contributed by atoms with Gasteiger partial charge in [-0.15, -0.1) is 0 Å². The molecule has 0 spiro atoms. The molecule has 1 aliphatic carbocycles. The number of imidazole rings is 1. The quantitative estimate of drug-likeness (QED) is 0.892. The monoisotopic (exact) mass is 269 g/mol. The number of benzene rings is 1. The van der Waals surface area contributed by atoms with Crippen LogP contribution < -0.4 is 5.32 Å². The Balaban J connectivity index is 1.79. The molecule has 0 saturated heterocycles. The van der Waals surface area contributed by atoms with Crippen molar-refractivity contribution in [2.24, 2.45) is 0 Å². The van der Waals surface area contributed by atoms with Gasteiger partial charge in [-0.05, 0) is 48.4 Å². The molecule has 1 aromatic heterocycles. The number of nitrogens with zero attached hydrogens (tertiary/aromatic N) is 1. The molecule has 0 bridgehead atoms. The Labute approximate surface area is 120 Å². The predicted molar refractivity (Wildman–Crippen MR) is 82.6 cm³/mol. The minimum Gasteiger partial charge on any atom is -0.341 e. The minimum absolute atomic E-state index is 0.479. The van der Waals surface area contributed by atoms with E-state index < -0.39 is 0 Å². The van der Waals surface area contributed by atoms with Gasteiger partial charge in [0.15, 0.2) is 0 Å². The Morgan fingerprint density at radius 3 is 2.80 bits per heavy atom. The van der Waals surface area contributed by atoms with Crippen LogP contribution in [0, 0.1) is 0 Å². The van der Waals surface area contributed by atoms with Crippen LogP contribution in [0.3, 0.4) is 0 Å². The molecule has 106 valence electrons. The van der Waals surface area contributed by atoms with E-state index in [0.717, 1.165) is 18.1 Å². The van der Waals surface area contributed by atoms with E-state index in [-0.39, 0.29) is 0 Å². The SMILES string of the molecule is CC(C)NCc1ncc(-c2ccc3c(c2)CCCC3)[nH]1. The van der Waals surface area contributed by atoms with Gasteiger partial charge in [-0.1, -0.05) is 26.0 Å². The summed E-state index contributed by atoms with van der Waals surface area (Å²) in [6.45, 7) is 5.09. The number of nitrogens with one attached hydrogen (secondary N) is 2. The van der Waals surface area contributed by atoms with Crippen molar-refractivity contribution in [3.05, 3.63) is 41.3 Å². The average Bonchev–Trinajstić information content (AvgIpc) is 2.93. The van der Waals surface area contributed by atoms with Crippen LogP contribution in [0.25, 0.3) is 11.3 Å². The summed E-state index contributed by atoms with van der Waals surface area (Å²) in [5, 5.41) is 3.38. The highest BCUT2D eigenvalue weighted by atomic mass is 15.0. The van der Waals surface area contributed by atoms with Gasteiger partial charge in [0, 0.05) is 6.04 Å². The normalized spacial score (nSPS) is 14.6. The summed E-state index contributed by atoms with van der Waals surface area (Å²) in [6, 6.07) is 7.32. The van der Waals surface area contributed by atoms with Crippen molar-refractivity contribution in [3.8, 4) is 11.3 Å². The van der Waals surface area contributed by atoms with Gasteiger partial charge in [0.25, 0.3) is 0 Å². The van der Waals surface area contributed by atoms with E-state index in [1.54, 1.807) is 0 Å². The van der Waals surface area contributed by atoms with Gasteiger partial charge in [-0.2, -0.15) is 0 Å². The van der Waals surface area contributed by atoms with Crippen molar-refractivity contribution in [1.29, 1.82) is 0 Å². The Morgan fingerprint density at radius 2 is 2.00 bits per heavy atom. The molecule has 1 aliphatic rings. The number of fused-ring (bicyclic) bond motifs is 1. The maximum atomic E-state index is 4.46. The van der Waals surface area contributed by atoms with Crippen LogP contribution in [0.1, 0.15) is 43.6 Å². The first-order valence-electron chi connectivity index (χ1n) is 7.62. The van der Waals surface area contributed by atoms with Crippen LogP contribution in [0.2, 0.25) is 0 Å². The second-order valence-corrected chi connectivity index (χ2v) is 5.97. The fraction of sp³-hybridized carbons (Fsp3) is 0.471. The second kappa shape index (κ2) is 5.80. The number of aryl methyl sites for hydroxylation is 2. The summed E-state index contributed by atoms with van der Waals surface area (Å²) in [5.74, 6) is 1.01. The van der Waals surface area contributed by atoms with Gasteiger partial charge >= 0.3 is 0 Å². The molecule has 1 aromatic carbocycles. The van der Waals surface area contributed by atoms with Crippen LogP contribution >= 0.6 is 0 Å². The summed E-state index contributed by atoms with van der Waals surface area (Å²) >= 11 is 0. The lowest BCUT2D eigenvalue weighted by atomic mass is 9.90. The van der Waals surface area contributed by atoms with Crippen LogP contribution in [-0.2, 0) is 19.4 Å². The van der Waals surface area contributed by atoms with Crippen molar-refractivity contribution >= 4 is 0 Å². The van der Waals surface area contributed by atoms with Crippen molar-refractivity contribution in [2.75, 3.05) is 0 Å². The van der Waals surface area contributed by atoms with Crippen LogP contribution in [-0.4, -0.2) is 16.0 Å². The van der Waals surface area contributed by atoms with Crippen molar-refractivity contribution in [3.63, 3.8) is 0 Å². The predicted octanol–water partition coefficient (Wildman–Crippen LogP) is 3.45. The molecular formula is C17H23N3. The third-order valence-electron chi connectivity index (χ3n) is 3.97. The van der Waals surface area contributed by atoms with Gasteiger partial charge in [-0.25, -0.2) is 4.98 Å².